The molecule has 19 heavy (non-hydrogen) atoms. The highest BCUT2D eigenvalue weighted by Gasteiger charge is 2.28. The number of amides is 1. The highest BCUT2D eigenvalue weighted by molar-refractivity contribution is 5.96. The second-order valence-electron chi connectivity index (χ2n) is 5.00. The van der Waals surface area contributed by atoms with Gasteiger partial charge < -0.3 is 20.2 Å². The number of hydrogen-bond acceptors (Lipinski definition) is 4. The minimum absolute atomic E-state index is 0.120. The number of benzene rings is 1. The summed E-state index contributed by atoms with van der Waals surface area (Å²) in [5.74, 6) is 0.397. The van der Waals surface area contributed by atoms with E-state index < -0.39 is 0 Å². The number of carbonyl (C=O) groups is 1. The molecule has 1 aromatic carbocycles. The molecule has 0 aliphatic carbocycles. The molecule has 2 heterocycles. The summed E-state index contributed by atoms with van der Waals surface area (Å²) in [4.78, 5) is 14.0. The van der Waals surface area contributed by atoms with Crippen LogP contribution in [0.3, 0.4) is 0 Å². The van der Waals surface area contributed by atoms with E-state index in [1.165, 1.54) is 0 Å². The normalized spacial score (nSPS) is 19.2. The molecule has 1 aliphatic rings. The molecule has 5 nitrogen and oxygen atoms in total. The predicted octanol–water partition coefficient (Wildman–Crippen LogP) is 1.47. The molecule has 3 N–H and O–H groups in total. The van der Waals surface area contributed by atoms with Crippen molar-refractivity contribution in [2.75, 3.05) is 25.4 Å². The van der Waals surface area contributed by atoms with E-state index in [4.69, 9.17) is 15.3 Å². The molecule has 100 valence electrons. The van der Waals surface area contributed by atoms with E-state index in [0.717, 1.165) is 11.8 Å². The van der Waals surface area contributed by atoms with Crippen LogP contribution in [-0.4, -0.2) is 35.6 Å². The largest absolute Gasteiger partial charge is 0.451 e. The van der Waals surface area contributed by atoms with Gasteiger partial charge in [0.05, 0.1) is 0 Å². The van der Waals surface area contributed by atoms with Crippen LogP contribution in [0.4, 0.5) is 5.69 Å². The summed E-state index contributed by atoms with van der Waals surface area (Å²) in [6.07, 6.45) is 0.843. The quantitative estimate of drug-likeness (QED) is 0.801. The summed E-state index contributed by atoms with van der Waals surface area (Å²) in [7, 11) is 0. The molecule has 1 atom stereocenters. The monoisotopic (exact) mass is 260 g/mol. The lowest BCUT2D eigenvalue weighted by atomic mass is 10.1. The number of fused-ring (bicyclic) bond motifs is 1. The van der Waals surface area contributed by atoms with Gasteiger partial charge in [0.15, 0.2) is 5.76 Å². The molecule has 0 saturated carbocycles. The molecule has 1 saturated heterocycles. The van der Waals surface area contributed by atoms with Gasteiger partial charge in [0, 0.05) is 36.7 Å². The number of nitrogen functional groups attached to an aromatic ring is 1. The highest BCUT2D eigenvalue weighted by Crippen LogP contribution is 2.24. The van der Waals surface area contributed by atoms with Crippen molar-refractivity contribution >= 4 is 22.6 Å². The first-order valence-electron chi connectivity index (χ1n) is 6.36. The summed E-state index contributed by atoms with van der Waals surface area (Å²) in [5, 5.41) is 9.94. The van der Waals surface area contributed by atoms with E-state index in [2.05, 4.69) is 0 Å². The van der Waals surface area contributed by atoms with Crippen molar-refractivity contribution in [3.63, 3.8) is 0 Å². The topological polar surface area (TPSA) is 79.7 Å². The first-order chi connectivity index (χ1) is 9.17. The Labute approximate surface area is 110 Å². The SMILES string of the molecule is Nc1ccc2oc(C(=O)N3CCC(CO)C3)cc2c1. The average molecular weight is 260 g/mol. The Kier molecular flexibility index (Phi) is 2.91. The minimum Gasteiger partial charge on any atom is -0.451 e. The first kappa shape index (κ1) is 12.0. The lowest BCUT2D eigenvalue weighted by Crippen LogP contribution is -2.28. The molecular formula is C14H16N2O3. The number of aliphatic hydroxyl groups excluding tert-OH is 1. The lowest BCUT2D eigenvalue weighted by molar-refractivity contribution is 0.0752. The van der Waals surface area contributed by atoms with Crippen LogP contribution in [0.2, 0.25) is 0 Å². The van der Waals surface area contributed by atoms with Crippen molar-refractivity contribution in [1.29, 1.82) is 0 Å². The maximum atomic E-state index is 12.3. The van der Waals surface area contributed by atoms with E-state index in [1.54, 1.807) is 29.2 Å². The number of nitrogens with zero attached hydrogens (tertiary/aromatic N) is 1. The Morgan fingerprint density at radius 3 is 3.05 bits per heavy atom. The summed E-state index contributed by atoms with van der Waals surface area (Å²) >= 11 is 0. The zero-order valence-electron chi connectivity index (χ0n) is 10.5. The number of rotatable bonds is 2. The molecule has 0 bridgehead atoms. The van der Waals surface area contributed by atoms with Gasteiger partial charge in [-0.05, 0) is 30.7 Å². The summed E-state index contributed by atoms with van der Waals surface area (Å²) in [5.41, 5.74) is 7.01. The third kappa shape index (κ3) is 2.17. The van der Waals surface area contributed by atoms with E-state index in [1.807, 2.05) is 0 Å². The van der Waals surface area contributed by atoms with Gasteiger partial charge in [0.1, 0.15) is 5.58 Å². The van der Waals surface area contributed by atoms with Crippen molar-refractivity contribution in [1.82, 2.24) is 4.90 Å². The number of carbonyl (C=O) groups excluding carboxylic acids is 1. The van der Waals surface area contributed by atoms with Gasteiger partial charge >= 0.3 is 0 Å². The van der Waals surface area contributed by atoms with Crippen molar-refractivity contribution in [3.8, 4) is 0 Å². The van der Waals surface area contributed by atoms with Crippen LogP contribution in [0.15, 0.2) is 28.7 Å². The maximum absolute atomic E-state index is 12.3. The highest BCUT2D eigenvalue weighted by atomic mass is 16.3. The van der Waals surface area contributed by atoms with E-state index in [-0.39, 0.29) is 18.4 Å². The number of hydrogen-bond donors (Lipinski definition) is 2. The molecule has 0 spiro atoms. The number of furan rings is 1. The molecule has 1 fully saturated rings. The van der Waals surface area contributed by atoms with Gasteiger partial charge in [-0.25, -0.2) is 0 Å². The third-order valence-electron chi connectivity index (χ3n) is 3.58. The fourth-order valence-corrected chi connectivity index (χ4v) is 2.49. The van der Waals surface area contributed by atoms with Gasteiger partial charge in [0.2, 0.25) is 0 Å². The second kappa shape index (κ2) is 4.59. The molecule has 3 rings (SSSR count). The predicted molar refractivity (Wildman–Crippen MR) is 71.7 cm³/mol. The Morgan fingerprint density at radius 2 is 2.32 bits per heavy atom. The Hall–Kier alpha value is -2.01. The zero-order chi connectivity index (χ0) is 13.4. The van der Waals surface area contributed by atoms with E-state index in [9.17, 15) is 4.79 Å². The number of anilines is 1. The second-order valence-corrected chi connectivity index (χ2v) is 5.00. The third-order valence-corrected chi connectivity index (χ3v) is 3.58. The van der Waals surface area contributed by atoms with Gasteiger partial charge in [-0.15, -0.1) is 0 Å². The number of aliphatic hydroxyl groups is 1. The molecule has 1 amide bonds. The Bertz CT molecular complexity index is 620. The van der Waals surface area contributed by atoms with E-state index >= 15 is 0 Å². The molecule has 2 aromatic rings. The van der Waals surface area contributed by atoms with Crippen molar-refractivity contribution < 1.29 is 14.3 Å². The molecule has 1 aliphatic heterocycles. The molecule has 0 radical (unpaired) electrons. The maximum Gasteiger partial charge on any atom is 0.289 e. The fraction of sp³-hybridized carbons (Fsp3) is 0.357. The minimum atomic E-state index is -0.120. The smallest absolute Gasteiger partial charge is 0.289 e. The summed E-state index contributed by atoms with van der Waals surface area (Å²) < 4.78 is 5.56. The van der Waals surface area contributed by atoms with Crippen LogP contribution >= 0.6 is 0 Å². The van der Waals surface area contributed by atoms with Gasteiger partial charge in [-0.2, -0.15) is 0 Å². The summed E-state index contributed by atoms with van der Waals surface area (Å²) in [6.45, 7) is 1.39. The number of likely N-dealkylation sites (tertiary alicyclic amines) is 1. The van der Waals surface area contributed by atoms with Gasteiger partial charge in [-0.1, -0.05) is 0 Å². The van der Waals surface area contributed by atoms with Gasteiger partial charge in [-0.3, -0.25) is 4.79 Å². The lowest BCUT2D eigenvalue weighted by Gasteiger charge is -2.13. The van der Waals surface area contributed by atoms with Crippen LogP contribution < -0.4 is 5.73 Å². The van der Waals surface area contributed by atoms with E-state index in [0.29, 0.717) is 30.1 Å². The summed E-state index contributed by atoms with van der Waals surface area (Å²) in [6, 6.07) is 7.02. The number of nitrogens with two attached hydrogens (primary N) is 1. The van der Waals surface area contributed by atoms with Crippen LogP contribution in [0.1, 0.15) is 17.0 Å². The van der Waals surface area contributed by atoms with Crippen LogP contribution in [-0.2, 0) is 0 Å². The molecule has 1 aromatic heterocycles. The Morgan fingerprint density at radius 1 is 1.47 bits per heavy atom. The van der Waals surface area contributed by atoms with Crippen molar-refractivity contribution in [2.24, 2.45) is 5.92 Å². The van der Waals surface area contributed by atoms with Crippen molar-refractivity contribution in [2.45, 2.75) is 6.42 Å². The van der Waals surface area contributed by atoms with Crippen LogP contribution in [0, 0.1) is 5.92 Å². The van der Waals surface area contributed by atoms with Gasteiger partial charge in [0.25, 0.3) is 5.91 Å². The average Bonchev–Trinajstić information content (AvgIpc) is 3.03. The standard InChI is InChI=1S/C14H16N2O3/c15-11-1-2-12-10(5-11)6-13(19-12)14(18)16-4-3-9(7-16)8-17/h1-2,5-6,9,17H,3-4,7-8,15H2. The molecule has 1 unspecified atom stereocenters. The fourth-order valence-electron chi connectivity index (χ4n) is 2.49. The van der Waals surface area contributed by atoms with Crippen LogP contribution in [0.25, 0.3) is 11.0 Å². The van der Waals surface area contributed by atoms with Crippen LogP contribution in [0.5, 0.6) is 0 Å². The molecular weight excluding hydrogens is 244 g/mol. The zero-order valence-corrected chi connectivity index (χ0v) is 10.5. The Balaban J connectivity index is 1.86. The molecule has 5 heteroatoms. The van der Waals surface area contributed by atoms with Crippen molar-refractivity contribution in [3.05, 3.63) is 30.0 Å². The first-order valence-corrected chi connectivity index (χ1v) is 6.36.